The number of nitrogens with zero attached hydrogens (tertiary/aromatic N) is 2. The van der Waals surface area contributed by atoms with Crippen molar-refractivity contribution in [2.45, 2.75) is 13.8 Å². The Balaban J connectivity index is 2.00. The van der Waals surface area contributed by atoms with E-state index in [2.05, 4.69) is 15.3 Å². The van der Waals surface area contributed by atoms with Gasteiger partial charge in [0.15, 0.2) is 0 Å². The Morgan fingerprint density at radius 3 is 2.50 bits per heavy atom. The molecule has 5 nitrogen and oxygen atoms in total. The van der Waals surface area contributed by atoms with Crippen molar-refractivity contribution >= 4 is 56.6 Å². The predicted octanol–water partition coefficient (Wildman–Crippen LogP) is 5.08. The van der Waals surface area contributed by atoms with Gasteiger partial charge in [0.05, 0.1) is 32.2 Å². The number of fused-ring (bicyclic) bond motifs is 3. The van der Waals surface area contributed by atoms with Crippen molar-refractivity contribution in [2.24, 2.45) is 7.05 Å². The number of nitrogens with one attached hydrogen (secondary N) is 2. The summed E-state index contributed by atoms with van der Waals surface area (Å²) < 4.78 is 1.85. The monoisotopic (exact) mass is 386 g/mol. The van der Waals surface area contributed by atoms with Crippen LogP contribution in [0.3, 0.4) is 0 Å². The number of imidazole rings is 1. The van der Waals surface area contributed by atoms with Gasteiger partial charge in [-0.05, 0) is 43.0 Å². The van der Waals surface area contributed by atoms with Crippen LogP contribution in [0.15, 0.2) is 35.1 Å². The minimum Gasteiger partial charge on any atom is -0.326 e. The Bertz CT molecular complexity index is 1220. The number of halogens is 2. The maximum atomic E-state index is 12.6. The molecule has 0 bridgehead atoms. The SMILES string of the molecule is Cc1[nH]c(=O)c2c(ccc3nc(Nc4c(Cl)cccc4Cl)n(C)c32)c1C. The molecule has 132 valence electrons. The van der Waals surface area contributed by atoms with Gasteiger partial charge in [-0.25, -0.2) is 4.98 Å². The number of aryl methyl sites for hydroxylation is 3. The van der Waals surface area contributed by atoms with Crippen molar-refractivity contribution in [3.8, 4) is 0 Å². The number of H-pyrrole nitrogens is 1. The normalized spacial score (nSPS) is 11.4. The standard InChI is InChI=1S/C19H16Cl2N4O/c1-9-10(2)22-18(26)15-11(9)7-8-14-17(15)25(3)19(23-14)24-16-12(20)5-4-6-13(16)21/h4-8H,1-3H3,(H,22,26)(H,23,24). The van der Waals surface area contributed by atoms with Crippen molar-refractivity contribution in [3.05, 3.63) is 62.0 Å². The third-order valence-electron chi connectivity index (χ3n) is 4.73. The van der Waals surface area contributed by atoms with Gasteiger partial charge in [0, 0.05) is 12.7 Å². The molecular weight excluding hydrogens is 371 g/mol. The summed E-state index contributed by atoms with van der Waals surface area (Å²) in [5, 5.41) is 5.73. The van der Waals surface area contributed by atoms with E-state index in [1.165, 1.54) is 0 Å². The van der Waals surface area contributed by atoms with Crippen molar-refractivity contribution in [1.82, 2.24) is 14.5 Å². The lowest BCUT2D eigenvalue weighted by Crippen LogP contribution is -2.11. The van der Waals surface area contributed by atoms with E-state index >= 15 is 0 Å². The van der Waals surface area contributed by atoms with Gasteiger partial charge in [-0.3, -0.25) is 4.79 Å². The summed E-state index contributed by atoms with van der Waals surface area (Å²) in [4.78, 5) is 20.2. The topological polar surface area (TPSA) is 62.7 Å². The number of pyridine rings is 1. The molecule has 7 heteroatoms. The first-order valence-electron chi connectivity index (χ1n) is 8.08. The molecule has 0 saturated heterocycles. The van der Waals surface area contributed by atoms with E-state index in [9.17, 15) is 4.79 Å². The van der Waals surface area contributed by atoms with Crippen LogP contribution in [0.2, 0.25) is 10.0 Å². The molecule has 0 saturated carbocycles. The fourth-order valence-electron chi connectivity index (χ4n) is 3.22. The Hall–Kier alpha value is -2.50. The van der Waals surface area contributed by atoms with Crippen LogP contribution in [-0.2, 0) is 7.05 Å². The number of aromatic amines is 1. The molecule has 0 atom stereocenters. The lowest BCUT2D eigenvalue weighted by molar-refractivity contribution is 0.960. The van der Waals surface area contributed by atoms with Gasteiger partial charge >= 0.3 is 0 Å². The van der Waals surface area contributed by atoms with Crippen molar-refractivity contribution in [3.63, 3.8) is 0 Å². The van der Waals surface area contributed by atoms with E-state index in [1.807, 2.05) is 37.6 Å². The predicted molar refractivity (Wildman–Crippen MR) is 108 cm³/mol. The van der Waals surface area contributed by atoms with Gasteiger partial charge in [-0.2, -0.15) is 0 Å². The zero-order valence-electron chi connectivity index (χ0n) is 14.4. The molecule has 0 aliphatic heterocycles. The Labute approximate surface area is 159 Å². The van der Waals surface area contributed by atoms with Crippen LogP contribution in [0, 0.1) is 13.8 Å². The quantitative estimate of drug-likeness (QED) is 0.504. The minimum absolute atomic E-state index is 0.126. The van der Waals surface area contributed by atoms with Gasteiger partial charge in [-0.15, -0.1) is 0 Å². The summed E-state index contributed by atoms with van der Waals surface area (Å²) >= 11 is 12.5. The van der Waals surface area contributed by atoms with E-state index in [1.54, 1.807) is 18.2 Å². The smallest absolute Gasteiger partial charge is 0.258 e. The highest BCUT2D eigenvalue weighted by Crippen LogP contribution is 2.34. The van der Waals surface area contributed by atoms with E-state index in [-0.39, 0.29) is 5.56 Å². The first-order valence-corrected chi connectivity index (χ1v) is 8.83. The average Bonchev–Trinajstić information content (AvgIpc) is 2.92. The highest BCUT2D eigenvalue weighted by atomic mass is 35.5. The number of hydrogen-bond acceptors (Lipinski definition) is 3. The van der Waals surface area contributed by atoms with Gasteiger partial charge in [0.1, 0.15) is 0 Å². The fraction of sp³-hybridized carbons (Fsp3) is 0.158. The largest absolute Gasteiger partial charge is 0.326 e. The molecule has 2 heterocycles. The molecule has 0 fully saturated rings. The van der Waals surface area contributed by atoms with Gasteiger partial charge in [0.2, 0.25) is 5.95 Å². The van der Waals surface area contributed by atoms with Crippen molar-refractivity contribution in [2.75, 3.05) is 5.32 Å². The van der Waals surface area contributed by atoms with Gasteiger partial charge in [0.25, 0.3) is 5.56 Å². The van der Waals surface area contributed by atoms with Crippen molar-refractivity contribution < 1.29 is 0 Å². The lowest BCUT2D eigenvalue weighted by Gasteiger charge is -2.10. The molecule has 0 aliphatic carbocycles. The highest BCUT2D eigenvalue weighted by molar-refractivity contribution is 6.39. The maximum Gasteiger partial charge on any atom is 0.258 e. The number of anilines is 2. The molecular formula is C19H16Cl2N4O. The molecule has 4 aromatic rings. The van der Waals surface area contributed by atoms with Crippen LogP contribution in [0.4, 0.5) is 11.6 Å². The van der Waals surface area contributed by atoms with E-state index < -0.39 is 0 Å². The molecule has 2 aromatic heterocycles. The molecule has 0 unspecified atom stereocenters. The van der Waals surface area contributed by atoms with Gasteiger partial charge in [-0.1, -0.05) is 35.3 Å². The summed E-state index contributed by atoms with van der Waals surface area (Å²) in [5.74, 6) is 0.556. The fourth-order valence-corrected chi connectivity index (χ4v) is 3.71. The Kier molecular flexibility index (Phi) is 3.93. The molecule has 0 aliphatic rings. The third kappa shape index (κ3) is 2.47. The van der Waals surface area contributed by atoms with Crippen LogP contribution in [-0.4, -0.2) is 14.5 Å². The van der Waals surface area contributed by atoms with E-state index in [4.69, 9.17) is 23.2 Å². The van der Waals surface area contributed by atoms with Crippen molar-refractivity contribution in [1.29, 1.82) is 0 Å². The number of hydrogen-bond donors (Lipinski definition) is 2. The van der Waals surface area contributed by atoms with Crippen LogP contribution in [0.25, 0.3) is 21.8 Å². The summed E-state index contributed by atoms with van der Waals surface area (Å²) in [7, 11) is 1.86. The summed E-state index contributed by atoms with van der Waals surface area (Å²) in [6, 6.07) is 9.15. The first kappa shape index (κ1) is 16.9. The Morgan fingerprint density at radius 1 is 1.12 bits per heavy atom. The number of para-hydroxylation sites is 1. The lowest BCUT2D eigenvalue weighted by atomic mass is 10.0. The molecule has 2 aromatic carbocycles. The van der Waals surface area contributed by atoms with Crippen LogP contribution in [0.5, 0.6) is 0 Å². The summed E-state index contributed by atoms with van der Waals surface area (Å²) in [6.45, 7) is 3.90. The number of aromatic nitrogens is 3. The van der Waals surface area contributed by atoms with Crippen LogP contribution < -0.4 is 10.9 Å². The zero-order valence-corrected chi connectivity index (χ0v) is 16.0. The Morgan fingerprint density at radius 2 is 1.81 bits per heavy atom. The molecule has 0 amide bonds. The second kappa shape index (κ2) is 6.04. The molecule has 26 heavy (non-hydrogen) atoms. The maximum absolute atomic E-state index is 12.6. The molecule has 0 radical (unpaired) electrons. The molecule has 0 spiro atoms. The first-order chi connectivity index (χ1) is 12.4. The van der Waals surface area contributed by atoms with E-state index in [0.717, 1.165) is 27.7 Å². The van der Waals surface area contributed by atoms with Crippen LogP contribution in [0.1, 0.15) is 11.3 Å². The second-order valence-electron chi connectivity index (χ2n) is 6.28. The number of benzene rings is 2. The minimum atomic E-state index is -0.126. The van der Waals surface area contributed by atoms with Gasteiger partial charge < -0.3 is 14.9 Å². The molecule has 4 rings (SSSR count). The molecule has 2 N–H and O–H groups in total. The summed E-state index contributed by atoms with van der Waals surface area (Å²) in [6.07, 6.45) is 0. The third-order valence-corrected chi connectivity index (χ3v) is 5.36. The average molecular weight is 387 g/mol. The zero-order chi connectivity index (χ0) is 18.6. The highest BCUT2D eigenvalue weighted by Gasteiger charge is 2.17. The van der Waals surface area contributed by atoms with E-state index in [0.29, 0.717) is 27.1 Å². The summed E-state index contributed by atoms with van der Waals surface area (Å²) in [5.41, 5.74) is 3.85. The second-order valence-corrected chi connectivity index (χ2v) is 7.09. The number of rotatable bonds is 2. The van der Waals surface area contributed by atoms with Crippen LogP contribution >= 0.6 is 23.2 Å².